The van der Waals surface area contributed by atoms with Gasteiger partial charge < -0.3 is 28.7 Å². The molecule has 0 spiro atoms. The van der Waals surface area contributed by atoms with Gasteiger partial charge in [-0.1, -0.05) is 72.8 Å². The predicted molar refractivity (Wildman–Crippen MR) is 144 cm³/mol. The second-order valence-electron chi connectivity index (χ2n) is 9.47. The molecule has 12 nitrogen and oxygen atoms in total. The van der Waals surface area contributed by atoms with Crippen LogP contribution in [0.5, 0.6) is 0 Å². The van der Waals surface area contributed by atoms with E-state index in [0.29, 0.717) is 22.1 Å². The van der Waals surface area contributed by atoms with Gasteiger partial charge in [0.05, 0.1) is 18.7 Å². The largest absolute Gasteiger partial charge is 1.00 e. The van der Waals surface area contributed by atoms with Crippen LogP contribution in [0.25, 0.3) is 16.3 Å². The third-order valence-electron chi connectivity index (χ3n) is 6.83. The molecule has 0 saturated heterocycles. The van der Waals surface area contributed by atoms with Gasteiger partial charge in [0.2, 0.25) is 20.8 Å². The number of H-pyrrole nitrogens is 1. The van der Waals surface area contributed by atoms with Gasteiger partial charge in [-0.3, -0.25) is 8.37 Å². The van der Waals surface area contributed by atoms with Crippen LogP contribution in [0, 0.1) is 0 Å². The molecule has 0 aliphatic heterocycles. The Morgan fingerprint density at radius 3 is 2.04 bits per heavy atom. The maximum absolute atomic E-state index is 12.0. The van der Waals surface area contributed by atoms with Crippen LogP contribution in [0.1, 0.15) is 33.0 Å². The number of carboxylic acid groups (broad SMARTS) is 1. The quantitative estimate of drug-likeness (QED) is 0.0949. The van der Waals surface area contributed by atoms with Gasteiger partial charge >= 0.3 is 88.7 Å². The fourth-order valence-electron chi connectivity index (χ4n) is 5.09. The molecule has 220 valence electrons. The molecular formula is C28H22NNa3O11S2. The zero-order chi connectivity index (χ0) is 30.1. The summed E-state index contributed by atoms with van der Waals surface area (Å²) in [5.41, 5.74) is 1.43. The number of hydrogen-bond acceptors (Lipinski definition) is 11. The van der Waals surface area contributed by atoms with Crippen molar-refractivity contribution in [3.05, 3.63) is 114 Å². The molecule has 0 radical (unpaired) electrons. The van der Waals surface area contributed by atoms with Crippen molar-refractivity contribution in [2.45, 2.75) is 30.8 Å². The van der Waals surface area contributed by atoms with Crippen LogP contribution in [-0.2, 0) is 40.5 Å². The van der Waals surface area contributed by atoms with E-state index in [1.54, 1.807) is 67.0 Å². The maximum Gasteiger partial charge on any atom is 1.00 e. The number of carboxylic acids is 1. The number of rotatable bonds is 10. The first-order chi connectivity index (χ1) is 19.9. The number of benzene rings is 3. The molecule has 0 amide bonds. The summed E-state index contributed by atoms with van der Waals surface area (Å²) in [6.45, 7) is -0.244. The van der Waals surface area contributed by atoms with Crippen molar-refractivity contribution in [2.75, 3.05) is 0 Å². The van der Waals surface area contributed by atoms with Crippen molar-refractivity contribution in [2.24, 2.45) is 0 Å². The number of fused-ring (bicyclic) bond motifs is 1. The van der Waals surface area contributed by atoms with Gasteiger partial charge in [-0.15, -0.1) is 0 Å². The maximum atomic E-state index is 12.0. The Labute approximate surface area is 326 Å². The standard InChI is InChI=1S/C28H25NO11S2.3Na/c30-28(31)19-10-8-17(9-11-19)16-38-25-23(20-12-13-29-15-20)14-24(22-7-3-5-18-4-1-2-6-21(18)22)26(39-41(32,33)34)27(25)40-42(35,36)37;;;/h1-15,23,25-27,29H,16H2,(H,30,31)(H,32,33,34)(H,35,36,37);;;/q;3*+1/p-3/t23-,25-,26-,27+;;;/m1.../s1. The molecule has 45 heavy (non-hydrogen) atoms. The summed E-state index contributed by atoms with van der Waals surface area (Å²) in [5.74, 6) is -2.23. The van der Waals surface area contributed by atoms with E-state index in [4.69, 9.17) is 13.1 Å². The van der Waals surface area contributed by atoms with Gasteiger partial charge in [-0.2, -0.15) is 0 Å². The van der Waals surface area contributed by atoms with Crippen LogP contribution >= 0.6 is 0 Å². The van der Waals surface area contributed by atoms with Crippen molar-refractivity contribution in [3.63, 3.8) is 0 Å². The van der Waals surface area contributed by atoms with E-state index in [0.717, 1.165) is 5.39 Å². The van der Waals surface area contributed by atoms with Crippen LogP contribution in [0.2, 0.25) is 0 Å². The molecule has 1 aliphatic rings. The van der Waals surface area contributed by atoms with Crippen LogP contribution in [0.3, 0.4) is 0 Å². The van der Waals surface area contributed by atoms with Gasteiger partial charge in [-0.05, 0) is 44.7 Å². The van der Waals surface area contributed by atoms with E-state index in [9.17, 15) is 35.8 Å². The van der Waals surface area contributed by atoms with Crippen molar-refractivity contribution in [3.8, 4) is 0 Å². The van der Waals surface area contributed by atoms with Crippen LogP contribution in [0.4, 0.5) is 0 Å². The molecule has 1 N–H and O–H groups in total. The van der Waals surface area contributed by atoms with Gasteiger partial charge in [0.15, 0.2) is 0 Å². The van der Waals surface area contributed by atoms with E-state index in [1.807, 2.05) is 0 Å². The Balaban J connectivity index is 0.00000235. The number of aromatic carboxylic acids is 1. The smallest absolute Gasteiger partial charge is 0.726 e. The van der Waals surface area contributed by atoms with E-state index in [2.05, 4.69) is 4.98 Å². The third kappa shape index (κ3) is 10.3. The molecule has 4 aromatic rings. The van der Waals surface area contributed by atoms with E-state index in [1.165, 1.54) is 24.3 Å². The van der Waals surface area contributed by atoms with Crippen molar-refractivity contribution >= 4 is 43.1 Å². The molecule has 1 aromatic heterocycles. The van der Waals surface area contributed by atoms with Gasteiger partial charge in [-0.25, -0.2) is 16.8 Å². The van der Waals surface area contributed by atoms with E-state index in [-0.39, 0.29) is 106 Å². The summed E-state index contributed by atoms with van der Waals surface area (Å²) in [4.78, 5) is 14.0. The number of nitrogens with one attached hydrogen (secondary N) is 1. The van der Waals surface area contributed by atoms with Crippen LogP contribution in [-0.4, -0.2) is 55.2 Å². The molecule has 1 heterocycles. The molecular weight excluding hydrogens is 659 g/mol. The summed E-state index contributed by atoms with van der Waals surface area (Å²) in [5, 5.41) is 12.5. The van der Waals surface area contributed by atoms with Gasteiger partial charge in [0.1, 0.15) is 12.2 Å². The average molecular weight is 682 g/mol. The fourth-order valence-corrected chi connectivity index (χ4v) is 6.04. The second kappa shape index (κ2) is 17.0. The SMILES string of the molecule is O=C([O-])c1ccc(CO[C@H]2[C@H](OS(=O)(=O)[O-])[C@H](OS(=O)(=O)[O-])C(c3cccc4ccccc34)=C[C@@H]2c2cc[nH]c2)cc1.[Na+].[Na+].[Na+]. The topological polar surface area (TPSA) is 198 Å². The number of carbonyl (C=O) groups is 1. The Morgan fingerprint density at radius 1 is 0.800 bits per heavy atom. The Kier molecular flexibility index (Phi) is 15.2. The predicted octanol–water partition coefficient (Wildman–Crippen LogP) is -7.00. The zero-order valence-corrected chi connectivity index (χ0v) is 32.1. The summed E-state index contributed by atoms with van der Waals surface area (Å²) in [6.07, 6.45) is -0.430. The minimum absolute atomic E-state index is 0. The van der Waals surface area contributed by atoms with Gasteiger partial charge in [0.25, 0.3) is 0 Å². The Morgan fingerprint density at radius 2 is 1.44 bits per heavy atom. The minimum atomic E-state index is -5.50. The first kappa shape index (κ1) is 40.3. The first-order valence-corrected chi connectivity index (χ1v) is 15.1. The summed E-state index contributed by atoms with van der Waals surface area (Å²) in [7, 11) is -11.0. The second-order valence-corrected chi connectivity index (χ2v) is 11.5. The van der Waals surface area contributed by atoms with Crippen molar-refractivity contribution in [1.29, 1.82) is 0 Å². The third-order valence-corrected chi connectivity index (χ3v) is 7.73. The van der Waals surface area contributed by atoms with Crippen LogP contribution < -0.4 is 93.8 Å². The van der Waals surface area contributed by atoms with E-state index < -0.39 is 51.0 Å². The summed E-state index contributed by atoms with van der Waals surface area (Å²) < 4.78 is 87.6. The monoisotopic (exact) mass is 681 g/mol. The Hall–Kier alpha value is -0.890. The minimum Gasteiger partial charge on any atom is -0.726 e. The molecule has 3 aromatic carbocycles. The molecule has 17 heteroatoms. The van der Waals surface area contributed by atoms with Crippen LogP contribution in [0.15, 0.2) is 91.3 Å². The average Bonchev–Trinajstić information content (AvgIpc) is 3.46. The fraction of sp³-hybridized carbons (Fsp3) is 0.179. The number of carbonyl (C=O) groups excluding carboxylic acids is 1. The molecule has 1 aliphatic carbocycles. The normalized spacial score (nSPS) is 19.8. The summed E-state index contributed by atoms with van der Waals surface area (Å²) in [6, 6.07) is 19.3. The Bertz CT molecular complexity index is 1840. The van der Waals surface area contributed by atoms with E-state index >= 15 is 0 Å². The molecule has 4 atom stereocenters. The van der Waals surface area contributed by atoms with Crippen molar-refractivity contribution in [1.82, 2.24) is 4.98 Å². The number of aromatic nitrogens is 1. The zero-order valence-electron chi connectivity index (χ0n) is 24.5. The number of ether oxygens (including phenoxy) is 1. The molecule has 0 saturated carbocycles. The number of aromatic amines is 1. The molecule has 0 bridgehead atoms. The van der Waals surface area contributed by atoms with Crippen molar-refractivity contribution < 1.29 is 138 Å². The summed E-state index contributed by atoms with van der Waals surface area (Å²) >= 11 is 0. The molecule has 0 unspecified atom stereocenters. The molecule has 5 rings (SSSR count). The first-order valence-electron chi connectivity index (χ1n) is 12.4. The molecule has 0 fully saturated rings. The van der Waals surface area contributed by atoms with Gasteiger partial charge in [0, 0.05) is 18.3 Å². The number of hydrogen-bond donors (Lipinski definition) is 1.